The SMILES string of the molecule is CNC1CCC(C)(C)CC1N1CC(C)CC(C)C1. The fourth-order valence-electron chi connectivity index (χ4n) is 4.25. The number of hydrogen-bond acceptors (Lipinski definition) is 2. The van der Waals surface area contributed by atoms with Crippen LogP contribution in [-0.4, -0.2) is 37.1 Å². The molecule has 1 saturated heterocycles. The number of likely N-dealkylation sites (tertiary alicyclic amines) is 1. The Balaban J connectivity index is 2.07. The Morgan fingerprint density at radius 2 is 1.72 bits per heavy atom. The minimum absolute atomic E-state index is 0.530. The van der Waals surface area contributed by atoms with Gasteiger partial charge in [-0.15, -0.1) is 0 Å². The van der Waals surface area contributed by atoms with Crippen LogP contribution < -0.4 is 5.32 Å². The molecule has 2 heteroatoms. The van der Waals surface area contributed by atoms with Crippen LogP contribution in [0.25, 0.3) is 0 Å². The van der Waals surface area contributed by atoms with Gasteiger partial charge in [-0.2, -0.15) is 0 Å². The van der Waals surface area contributed by atoms with Crippen LogP contribution >= 0.6 is 0 Å². The van der Waals surface area contributed by atoms with Gasteiger partial charge < -0.3 is 5.32 Å². The van der Waals surface area contributed by atoms with Crippen molar-refractivity contribution in [1.82, 2.24) is 10.2 Å². The van der Waals surface area contributed by atoms with Crippen LogP contribution in [-0.2, 0) is 0 Å². The first kappa shape index (κ1) is 14.3. The molecule has 0 radical (unpaired) electrons. The predicted octanol–water partition coefficient (Wildman–Crippen LogP) is 3.13. The molecular formula is C16H32N2. The van der Waals surface area contributed by atoms with Crippen LogP contribution in [0.4, 0.5) is 0 Å². The molecule has 1 saturated carbocycles. The third-order valence-corrected chi connectivity index (χ3v) is 5.10. The molecule has 0 amide bonds. The molecule has 2 aliphatic rings. The molecule has 1 N–H and O–H groups in total. The molecule has 4 unspecified atom stereocenters. The Morgan fingerprint density at radius 3 is 2.28 bits per heavy atom. The zero-order valence-electron chi connectivity index (χ0n) is 13.0. The Morgan fingerprint density at radius 1 is 1.11 bits per heavy atom. The van der Waals surface area contributed by atoms with Crippen molar-refractivity contribution in [1.29, 1.82) is 0 Å². The summed E-state index contributed by atoms with van der Waals surface area (Å²) in [5, 5.41) is 3.58. The Kier molecular flexibility index (Phi) is 4.38. The van der Waals surface area contributed by atoms with Crippen molar-refractivity contribution in [3.63, 3.8) is 0 Å². The summed E-state index contributed by atoms with van der Waals surface area (Å²) in [6.45, 7) is 12.4. The van der Waals surface area contributed by atoms with E-state index in [1.807, 2.05) is 0 Å². The smallest absolute Gasteiger partial charge is 0.0254 e. The third kappa shape index (κ3) is 3.27. The van der Waals surface area contributed by atoms with Crippen LogP contribution in [0.2, 0.25) is 0 Å². The van der Waals surface area contributed by atoms with Crippen LogP contribution in [0.3, 0.4) is 0 Å². The molecule has 4 atom stereocenters. The number of rotatable bonds is 2. The molecule has 1 aliphatic heterocycles. The molecule has 1 heterocycles. The summed E-state index contributed by atoms with van der Waals surface area (Å²) in [6, 6.07) is 1.46. The largest absolute Gasteiger partial charge is 0.315 e. The minimum Gasteiger partial charge on any atom is -0.315 e. The molecule has 2 rings (SSSR count). The number of nitrogens with zero attached hydrogens (tertiary/aromatic N) is 1. The average Bonchev–Trinajstić information content (AvgIpc) is 2.26. The predicted molar refractivity (Wildman–Crippen MR) is 78.8 cm³/mol. The fourth-order valence-corrected chi connectivity index (χ4v) is 4.25. The highest BCUT2D eigenvalue weighted by Crippen LogP contribution is 2.39. The van der Waals surface area contributed by atoms with Gasteiger partial charge in [0.15, 0.2) is 0 Å². The third-order valence-electron chi connectivity index (χ3n) is 5.10. The molecule has 106 valence electrons. The summed E-state index contributed by atoms with van der Waals surface area (Å²) < 4.78 is 0. The van der Waals surface area contributed by atoms with E-state index < -0.39 is 0 Å². The lowest BCUT2D eigenvalue weighted by molar-refractivity contribution is 0.0249. The van der Waals surface area contributed by atoms with E-state index in [0.29, 0.717) is 11.5 Å². The quantitative estimate of drug-likeness (QED) is 0.812. The summed E-state index contributed by atoms with van der Waals surface area (Å²) in [4.78, 5) is 2.79. The average molecular weight is 252 g/mol. The van der Waals surface area contributed by atoms with Gasteiger partial charge in [0.25, 0.3) is 0 Å². The van der Waals surface area contributed by atoms with Gasteiger partial charge in [0, 0.05) is 25.2 Å². The van der Waals surface area contributed by atoms with Gasteiger partial charge >= 0.3 is 0 Å². The number of nitrogens with one attached hydrogen (secondary N) is 1. The summed E-state index contributed by atoms with van der Waals surface area (Å²) in [7, 11) is 2.15. The molecular weight excluding hydrogens is 220 g/mol. The molecule has 2 nitrogen and oxygen atoms in total. The maximum Gasteiger partial charge on any atom is 0.0254 e. The summed E-state index contributed by atoms with van der Waals surface area (Å²) in [5.74, 6) is 1.74. The first-order valence-electron chi connectivity index (χ1n) is 7.82. The highest BCUT2D eigenvalue weighted by atomic mass is 15.2. The van der Waals surface area contributed by atoms with E-state index in [-0.39, 0.29) is 0 Å². The maximum absolute atomic E-state index is 3.58. The molecule has 0 aromatic rings. The number of piperidine rings is 1. The Hall–Kier alpha value is -0.0800. The molecule has 18 heavy (non-hydrogen) atoms. The van der Waals surface area contributed by atoms with Crippen LogP contribution in [0.15, 0.2) is 0 Å². The van der Waals surface area contributed by atoms with Gasteiger partial charge in [-0.25, -0.2) is 0 Å². The fraction of sp³-hybridized carbons (Fsp3) is 1.00. The van der Waals surface area contributed by atoms with Crippen molar-refractivity contribution < 1.29 is 0 Å². The summed E-state index contributed by atoms with van der Waals surface area (Å²) in [6.07, 6.45) is 5.48. The van der Waals surface area contributed by atoms with E-state index in [1.165, 1.54) is 38.8 Å². The maximum atomic E-state index is 3.58. The van der Waals surface area contributed by atoms with Gasteiger partial charge in [0.2, 0.25) is 0 Å². The van der Waals surface area contributed by atoms with E-state index in [2.05, 4.69) is 45.0 Å². The van der Waals surface area contributed by atoms with E-state index >= 15 is 0 Å². The standard InChI is InChI=1S/C16H32N2/c1-12-8-13(2)11-18(10-12)15-9-16(3,4)7-6-14(15)17-5/h12-15,17H,6-11H2,1-5H3. The van der Waals surface area contributed by atoms with Crippen molar-refractivity contribution >= 4 is 0 Å². The van der Waals surface area contributed by atoms with Gasteiger partial charge in [0.1, 0.15) is 0 Å². The molecule has 0 aromatic carbocycles. The van der Waals surface area contributed by atoms with Crippen LogP contribution in [0.5, 0.6) is 0 Å². The van der Waals surface area contributed by atoms with Gasteiger partial charge in [0.05, 0.1) is 0 Å². The number of likely N-dealkylation sites (N-methyl/N-ethyl adjacent to an activating group) is 1. The van der Waals surface area contributed by atoms with Crippen molar-refractivity contribution in [2.75, 3.05) is 20.1 Å². The highest BCUT2D eigenvalue weighted by Gasteiger charge is 2.39. The van der Waals surface area contributed by atoms with E-state index in [1.54, 1.807) is 0 Å². The lowest BCUT2D eigenvalue weighted by atomic mass is 9.71. The van der Waals surface area contributed by atoms with Gasteiger partial charge in [-0.1, -0.05) is 27.7 Å². The summed E-state index contributed by atoms with van der Waals surface area (Å²) in [5.41, 5.74) is 0.530. The molecule has 0 spiro atoms. The first-order chi connectivity index (χ1) is 8.41. The van der Waals surface area contributed by atoms with Crippen molar-refractivity contribution in [3.8, 4) is 0 Å². The van der Waals surface area contributed by atoms with E-state index in [4.69, 9.17) is 0 Å². The van der Waals surface area contributed by atoms with Crippen molar-refractivity contribution in [2.24, 2.45) is 17.3 Å². The normalized spacial score (nSPS) is 41.8. The second-order valence-electron chi connectivity index (χ2n) is 7.77. The number of hydrogen-bond donors (Lipinski definition) is 1. The zero-order valence-corrected chi connectivity index (χ0v) is 13.0. The van der Waals surface area contributed by atoms with Gasteiger partial charge in [-0.05, 0) is 50.0 Å². The summed E-state index contributed by atoms with van der Waals surface area (Å²) >= 11 is 0. The van der Waals surface area contributed by atoms with E-state index in [0.717, 1.165) is 17.9 Å². The molecule has 1 aliphatic carbocycles. The molecule has 0 bridgehead atoms. The monoisotopic (exact) mass is 252 g/mol. The first-order valence-corrected chi connectivity index (χ1v) is 7.82. The second kappa shape index (κ2) is 5.50. The highest BCUT2D eigenvalue weighted by molar-refractivity contribution is 4.95. The minimum atomic E-state index is 0.530. The van der Waals surface area contributed by atoms with Crippen molar-refractivity contribution in [2.45, 2.75) is 65.5 Å². The lowest BCUT2D eigenvalue weighted by Gasteiger charge is -2.49. The topological polar surface area (TPSA) is 15.3 Å². The second-order valence-corrected chi connectivity index (χ2v) is 7.77. The van der Waals surface area contributed by atoms with E-state index in [9.17, 15) is 0 Å². The zero-order chi connectivity index (χ0) is 13.3. The van der Waals surface area contributed by atoms with Crippen molar-refractivity contribution in [3.05, 3.63) is 0 Å². The molecule has 2 fully saturated rings. The Labute approximate surface area is 114 Å². The Bertz CT molecular complexity index is 264. The van der Waals surface area contributed by atoms with Crippen LogP contribution in [0, 0.1) is 17.3 Å². The van der Waals surface area contributed by atoms with Crippen LogP contribution in [0.1, 0.15) is 53.4 Å². The van der Waals surface area contributed by atoms with Gasteiger partial charge in [-0.3, -0.25) is 4.90 Å². The lowest BCUT2D eigenvalue weighted by Crippen LogP contribution is -2.57. The molecule has 0 aromatic heterocycles.